The fraction of sp³-hybridized carbons (Fsp3) is 0.269. The van der Waals surface area contributed by atoms with Crippen molar-refractivity contribution in [2.75, 3.05) is 38.2 Å². The van der Waals surface area contributed by atoms with E-state index >= 15 is 0 Å². The highest BCUT2D eigenvalue weighted by Crippen LogP contribution is 2.31. The summed E-state index contributed by atoms with van der Waals surface area (Å²) >= 11 is 1.24. The Morgan fingerprint density at radius 2 is 1.82 bits per heavy atom. The lowest BCUT2D eigenvalue weighted by Gasteiger charge is -2.26. The average Bonchev–Trinajstić information content (AvgIpc) is 3.50. The van der Waals surface area contributed by atoms with Gasteiger partial charge >= 0.3 is 5.97 Å². The molecule has 12 heteroatoms. The Balaban J connectivity index is 1.26. The molecule has 0 bridgehead atoms. The number of hydrogen-bond acceptors (Lipinski definition) is 8. The maximum Gasteiger partial charge on any atom is 0.348 e. The molecule has 1 fully saturated rings. The Labute approximate surface area is 223 Å². The zero-order valence-electron chi connectivity index (χ0n) is 20.8. The van der Waals surface area contributed by atoms with Gasteiger partial charge in [0.25, 0.3) is 5.91 Å². The van der Waals surface area contributed by atoms with Crippen LogP contribution in [0.3, 0.4) is 0 Å². The lowest BCUT2D eigenvalue weighted by atomic mass is 10.2. The number of carbonyl (C=O) groups is 2. The van der Waals surface area contributed by atoms with Gasteiger partial charge in [-0.15, -0.1) is 11.3 Å². The number of sulfonamides is 1. The molecule has 0 saturated carbocycles. The zero-order chi connectivity index (χ0) is 26.9. The van der Waals surface area contributed by atoms with Crippen LogP contribution in [0.2, 0.25) is 0 Å². The molecule has 0 spiro atoms. The van der Waals surface area contributed by atoms with Gasteiger partial charge in [-0.05, 0) is 49.7 Å². The van der Waals surface area contributed by atoms with Crippen LogP contribution in [0, 0.1) is 13.8 Å². The average molecular weight is 555 g/mol. The van der Waals surface area contributed by atoms with Crippen LogP contribution >= 0.6 is 11.3 Å². The molecule has 2 aromatic carbocycles. The Hall–Kier alpha value is -3.58. The van der Waals surface area contributed by atoms with Crippen molar-refractivity contribution in [2.45, 2.75) is 18.7 Å². The van der Waals surface area contributed by atoms with E-state index in [1.165, 1.54) is 27.8 Å². The number of anilines is 1. The molecule has 0 atom stereocenters. The first-order valence-electron chi connectivity index (χ1n) is 11.9. The fourth-order valence-corrected chi connectivity index (χ4v) is 6.62. The van der Waals surface area contributed by atoms with E-state index in [9.17, 15) is 18.0 Å². The third kappa shape index (κ3) is 5.20. The summed E-state index contributed by atoms with van der Waals surface area (Å²) in [5, 5.41) is 8.06. The number of carbonyl (C=O) groups excluding carboxylic acids is 2. The second kappa shape index (κ2) is 10.7. The summed E-state index contributed by atoms with van der Waals surface area (Å²) in [7, 11) is -3.72. The van der Waals surface area contributed by atoms with Gasteiger partial charge in [-0.25, -0.2) is 17.9 Å². The number of morpholine rings is 1. The van der Waals surface area contributed by atoms with E-state index in [0.717, 1.165) is 21.6 Å². The first-order valence-corrected chi connectivity index (χ1v) is 14.2. The van der Waals surface area contributed by atoms with Gasteiger partial charge in [-0.3, -0.25) is 4.79 Å². The molecular formula is C26H26N4O6S2. The molecule has 1 amide bonds. The molecule has 1 N–H and O–H groups in total. The van der Waals surface area contributed by atoms with Crippen molar-refractivity contribution >= 4 is 49.1 Å². The number of para-hydroxylation sites is 1. The molecule has 10 nitrogen and oxygen atoms in total. The summed E-state index contributed by atoms with van der Waals surface area (Å²) in [4.78, 5) is 26.6. The molecule has 1 aliphatic rings. The predicted molar refractivity (Wildman–Crippen MR) is 143 cm³/mol. The van der Waals surface area contributed by atoms with E-state index in [0.29, 0.717) is 29.3 Å². The number of thiophene rings is 1. The van der Waals surface area contributed by atoms with Crippen molar-refractivity contribution in [3.63, 3.8) is 0 Å². The quantitative estimate of drug-likeness (QED) is 0.347. The number of ether oxygens (including phenoxy) is 2. The first kappa shape index (κ1) is 26.0. The molecule has 5 rings (SSSR count). The van der Waals surface area contributed by atoms with Gasteiger partial charge < -0.3 is 14.8 Å². The largest absolute Gasteiger partial charge is 0.451 e. The van der Waals surface area contributed by atoms with Crippen molar-refractivity contribution < 1.29 is 27.5 Å². The third-order valence-electron chi connectivity index (χ3n) is 6.17. The minimum atomic E-state index is -3.72. The van der Waals surface area contributed by atoms with Crippen LogP contribution in [0.5, 0.6) is 0 Å². The third-order valence-corrected chi connectivity index (χ3v) is 9.16. The number of hydrogen-bond donors (Lipinski definition) is 1. The Bertz CT molecular complexity index is 1610. The monoisotopic (exact) mass is 554 g/mol. The number of fused-ring (bicyclic) bond motifs is 1. The fourth-order valence-electron chi connectivity index (χ4n) is 4.11. The summed E-state index contributed by atoms with van der Waals surface area (Å²) in [6, 6.07) is 15.9. The highest BCUT2D eigenvalue weighted by atomic mass is 32.2. The van der Waals surface area contributed by atoms with Gasteiger partial charge in [0, 0.05) is 24.2 Å². The van der Waals surface area contributed by atoms with Crippen molar-refractivity contribution in [3.05, 3.63) is 70.7 Å². The number of esters is 1. The minimum absolute atomic E-state index is 0.0744. The highest BCUT2D eigenvalue weighted by molar-refractivity contribution is 7.89. The molecule has 0 unspecified atom stereocenters. The number of aromatic nitrogens is 2. The van der Waals surface area contributed by atoms with Gasteiger partial charge in [0.2, 0.25) is 10.0 Å². The predicted octanol–water partition coefficient (Wildman–Crippen LogP) is 3.52. The molecule has 38 heavy (non-hydrogen) atoms. The van der Waals surface area contributed by atoms with Crippen LogP contribution in [0.1, 0.15) is 20.9 Å². The number of benzene rings is 2. The molecule has 1 aliphatic heterocycles. The first-order chi connectivity index (χ1) is 18.2. The Kier molecular flexibility index (Phi) is 7.30. The maximum absolute atomic E-state index is 13.0. The molecule has 2 aromatic heterocycles. The van der Waals surface area contributed by atoms with Gasteiger partial charge in [0.1, 0.15) is 9.71 Å². The highest BCUT2D eigenvalue weighted by Gasteiger charge is 2.27. The number of nitrogens with one attached hydrogen (secondary N) is 1. The summed E-state index contributed by atoms with van der Waals surface area (Å²) in [6.45, 7) is 4.32. The number of rotatable bonds is 7. The zero-order valence-corrected chi connectivity index (χ0v) is 22.5. The normalized spacial score (nSPS) is 14.5. The minimum Gasteiger partial charge on any atom is -0.451 e. The lowest BCUT2D eigenvalue weighted by Crippen LogP contribution is -2.40. The molecule has 198 valence electrons. The van der Waals surface area contributed by atoms with Crippen LogP contribution in [0.4, 0.5) is 5.69 Å². The Morgan fingerprint density at radius 3 is 2.55 bits per heavy atom. The van der Waals surface area contributed by atoms with Crippen LogP contribution < -0.4 is 5.32 Å². The van der Waals surface area contributed by atoms with Crippen molar-refractivity contribution in [2.24, 2.45) is 0 Å². The SMILES string of the molecule is Cc1ccc(S(=O)(=O)N2CCOCC2)cc1NC(=O)COC(=O)c1cc2c(C)nn(-c3ccccc3)c2s1. The standard InChI is InChI=1S/C26H26N4O6S2/c1-17-8-9-20(38(33,34)29-10-12-35-13-11-29)14-22(17)27-24(31)16-36-26(32)23-15-21-18(2)28-30(25(21)37-23)19-6-4-3-5-7-19/h3-9,14-15H,10-13,16H2,1-2H3,(H,27,31). The number of nitrogens with zero attached hydrogens (tertiary/aromatic N) is 3. The number of amides is 1. The molecule has 0 aliphatic carbocycles. The van der Waals surface area contributed by atoms with Crippen LogP contribution in [0.25, 0.3) is 15.9 Å². The second-order valence-electron chi connectivity index (χ2n) is 8.78. The van der Waals surface area contributed by atoms with Crippen LogP contribution in [0.15, 0.2) is 59.5 Å². The van der Waals surface area contributed by atoms with Crippen molar-refractivity contribution in [1.82, 2.24) is 14.1 Å². The summed E-state index contributed by atoms with van der Waals surface area (Å²) in [6.07, 6.45) is 0. The van der Waals surface area contributed by atoms with Crippen LogP contribution in [-0.4, -0.2) is 67.3 Å². The van der Waals surface area contributed by atoms with E-state index in [4.69, 9.17) is 9.47 Å². The topological polar surface area (TPSA) is 120 Å². The van der Waals surface area contributed by atoms with E-state index in [1.54, 1.807) is 23.7 Å². The van der Waals surface area contributed by atoms with E-state index in [-0.39, 0.29) is 18.0 Å². The summed E-state index contributed by atoms with van der Waals surface area (Å²) in [5.74, 6) is -1.20. The second-order valence-corrected chi connectivity index (χ2v) is 11.7. The molecule has 4 aromatic rings. The van der Waals surface area contributed by atoms with Crippen molar-refractivity contribution in [3.8, 4) is 5.69 Å². The lowest BCUT2D eigenvalue weighted by molar-refractivity contribution is -0.119. The van der Waals surface area contributed by atoms with Gasteiger partial charge in [-0.1, -0.05) is 24.3 Å². The van der Waals surface area contributed by atoms with Crippen molar-refractivity contribution in [1.29, 1.82) is 0 Å². The smallest absolute Gasteiger partial charge is 0.348 e. The molecule has 0 radical (unpaired) electrons. The molecular weight excluding hydrogens is 528 g/mol. The van der Waals surface area contributed by atoms with Gasteiger partial charge in [-0.2, -0.15) is 9.40 Å². The summed E-state index contributed by atoms with van der Waals surface area (Å²) < 4.78 is 39.6. The summed E-state index contributed by atoms with van der Waals surface area (Å²) in [5.41, 5.74) is 2.66. The maximum atomic E-state index is 13.0. The Morgan fingerprint density at radius 1 is 1.08 bits per heavy atom. The van der Waals surface area contributed by atoms with Gasteiger partial charge in [0.15, 0.2) is 6.61 Å². The van der Waals surface area contributed by atoms with Crippen LogP contribution in [-0.2, 0) is 24.3 Å². The number of aryl methyl sites for hydroxylation is 2. The van der Waals surface area contributed by atoms with E-state index in [1.807, 2.05) is 37.3 Å². The van der Waals surface area contributed by atoms with E-state index in [2.05, 4.69) is 10.4 Å². The van der Waals surface area contributed by atoms with E-state index < -0.39 is 28.5 Å². The molecule has 1 saturated heterocycles. The van der Waals surface area contributed by atoms with Gasteiger partial charge in [0.05, 0.1) is 29.5 Å². The molecule has 3 heterocycles.